The highest BCUT2D eigenvalue weighted by Crippen LogP contribution is 2.24. The van der Waals surface area contributed by atoms with Gasteiger partial charge in [0.05, 0.1) is 12.8 Å². The smallest absolute Gasteiger partial charge is 0.255 e. The molecule has 20 heavy (non-hydrogen) atoms. The molecule has 1 amide bonds. The molecular formula is C15H14BrNO3. The molecule has 0 atom stereocenters. The van der Waals surface area contributed by atoms with Gasteiger partial charge in [-0.25, -0.2) is 0 Å². The van der Waals surface area contributed by atoms with Gasteiger partial charge in [-0.05, 0) is 52.3 Å². The minimum Gasteiger partial charge on any atom is -0.495 e. The van der Waals surface area contributed by atoms with Gasteiger partial charge in [-0.2, -0.15) is 0 Å². The Bertz CT molecular complexity index is 584. The molecule has 0 aromatic heterocycles. The number of ether oxygens (including phenoxy) is 2. The number of carbonyl (C=O) groups is 1. The third-order valence-corrected chi connectivity index (χ3v) is 2.92. The number of methoxy groups -OCH3 is 1. The molecule has 2 aromatic carbocycles. The first kappa shape index (κ1) is 14.4. The molecule has 0 bridgehead atoms. The number of hydrogen-bond acceptors (Lipinski definition) is 3. The lowest BCUT2D eigenvalue weighted by Crippen LogP contribution is -2.12. The lowest BCUT2D eigenvalue weighted by molar-refractivity contribution is 0.102. The first-order valence-electron chi connectivity index (χ1n) is 5.98. The van der Waals surface area contributed by atoms with Crippen molar-refractivity contribution in [3.05, 3.63) is 54.1 Å². The van der Waals surface area contributed by atoms with E-state index in [-0.39, 0.29) is 5.91 Å². The minimum atomic E-state index is -0.195. The van der Waals surface area contributed by atoms with Crippen molar-refractivity contribution in [2.24, 2.45) is 0 Å². The summed E-state index contributed by atoms with van der Waals surface area (Å²) in [4.78, 5) is 12.1. The average Bonchev–Trinajstić information content (AvgIpc) is 2.49. The van der Waals surface area contributed by atoms with Crippen LogP contribution in [0.2, 0.25) is 0 Å². The van der Waals surface area contributed by atoms with Gasteiger partial charge in [-0.1, -0.05) is 12.1 Å². The molecule has 0 saturated carbocycles. The van der Waals surface area contributed by atoms with Crippen LogP contribution in [0.5, 0.6) is 11.5 Å². The molecule has 0 unspecified atom stereocenters. The summed E-state index contributed by atoms with van der Waals surface area (Å²) in [6.07, 6.45) is 0. The fourth-order valence-corrected chi connectivity index (χ4v) is 1.97. The third kappa shape index (κ3) is 3.51. The second kappa shape index (κ2) is 6.96. The van der Waals surface area contributed by atoms with Crippen LogP contribution in [0.4, 0.5) is 5.69 Å². The van der Waals surface area contributed by atoms with E-state index in [0.717, 1.165) is 0 Å². The number of para-hydroxylation sites is 2. The maximum atomic E-state index is 12.1. The van der Waals surface area contributed by atoms with Gasteiger partial charge in [0.25, 0.3) is 5.91 Å². The molecule has 0 saturated heterocycles. The first-order chi connectivity index (χ1) is 9.74. The highest BCUT2D eigenvalue weighted by Gasteiger charge is 2.09. The van der Waals surface area contributed by atoms with Crippen LogP contribution >= 0.6 is 15.9 Å². The highest BCUT2D eigenvalue weighted by molar-refractivity contribution is 9.09. The molecule has 0 aliphatic heterocycles. The highest BCUT2D eigenvalue weighted by atomic mass is 79.9. The van der Waals surface area contributed by atoms with Gasteiger partial charge in [-0.15, -0.1) is 0 Å². The van der Waals surface area contributed by atoms with Gasteiger partial charge < -0.3 is 14.8 Å². The van der Waals surface area contributed by atoms with Crippen molar-refractivity contribution in [2.45, 2.75) is 0 Å². The van der Waals surface area contributed by atoms with Crippen molar-refractivity contribution >= 4 is 27.5 Å². The van der Waals surface area contributed by atoms with Crippen LogP contribution in [0.15, 0.2) is 48.5 Å². The van der Waals surface area contributed by atoms with E-state index in [2.05, 4.69) is 21.2 Å². The van der Waals surface area contributed by atoms with Gasteiger partial charge in [0.2, 0.25) is 0 Å². The second-order valence-corrected chi connectivity index (χ2v) is 4.39. The average molecular weight is 336 g/mol. The zero-order valence-corrected chi connectivity index (χ0v) is 12.5. The molecule has 0 aliphatic carbocycles. The van der Waals surface area contributed by atoms with E-state index in [0.29, 0.717) is 28.3 Å². The SMILES string of the molecule is COc1ccccc1NC(=O)c1ccc(OCBr)cc1. The van der Waals surface area contributed by atoms with E-state index in [1.807, 2.05) is 12.1 Å². The maximum Gasteiger partial charge on any atom is 0.255 e. The summed E-state index contributed by atoms with van der Waals surface area (Å²) >= 11 is 3.18. The standard InChI is InChI=1S/C15H14BrNO3/c1-19-14-5-3-2-4-13(14)17-15(18)11-6-8-12(9-7-11)20-10-16/h2-9H,10H2,1H3,(H,17,18). The molecule has 104 valence electrons. The Morgan fingerprint density at radius 2 is 1.85 bits per heavy atom. The molecule has 2 aromatic rings. The lowest BCUT2D eigenvalue weighted by atomic mass is 10.2. The molecule has 0 radical (unpaired) electrons. The van der Waals surface area contributed by atoms with Crippen LogP contribution in [0.1, 0.15) is 10.4 Å². The number of amides is 1. The molecule has 0 aliphatic rings. The summed E-state index contributed by atoms with van der Waals surface area (Å²) in [5.41, 5.74) is 1.61. The van der Waals surface area contributed by atoms with E-state index in [1.165, 1.54) is 0 Å². The van der Waals surface area contributed by atoms with Gasteiger partial charge in [0.1, 0.15) is 17.0 Å². The number of rotatable bonds is 5. The Morgan fingerprint density at radius 1 is 1.15 bits per heavy atom. The predicted molar refractivity (Wildman–Crippen MR) is 81.8 cm³/mol. The third-order valence-electron chi connectivity index (χ3n) is 2.69. The van der Waals surface area contributed by atoms with Gasteiger partial charge in [0.15, 0.2) is 0 Å². The van der Waals surface area contributed by atoms with Crippen molar-refractivity contribution in [3.63, 3.8) is 0 Å². The lowest BCUT2D eigenvalue weighted by Gasteiger charge is -2.10. The van der Waals surface area contributed by atoms with E-state index < -0.39 is 0 Å². The molecule has 0 fully saturated rings. The zero-order valence-electron chi connectivity index (χ0n) is 10.9. The molecule has 0 heterocycles. The van der Waals surface area contributed by atoms with Crippen LogP contribution in [0.3, 0.4) is 0 Å². The zero-order chi connectivity index (χ0) is 14.4. The number of benzene rings is 2. The fraction of sp³-hybridized carbons (Fsp3) is 0.133. The van der Waals surface area contributed by atoms with Crippen LogP contribution in [-0.2, 0) is 0 Å². The van der Waals surface area contributed by atoms with E-state index >= 15 is 0 Å². The van der Waals surface area contributed by atoms with Crippen molar-refractivity contribution in [3.8, 4) is 11.5 Å². The molecule has 2 rings (SSSR count). The summed E-state index contributed by atoms with van der Waals surface area (Å²) < 4.78 is 10.5. The van der Waals surface area contributed by atoms with Crippen molar-refractivity contribution in [1.82, 2.24) is 0 Å². The largest absolute Gasteiger partial charge is 0.495 e. The number of anilines is 1. The van der Waals surface area contributed by atoms with Gasteiger partial charge >= 0.3 is 0 Å². The Balaban J connectivity index is 2.11. The first-order valence-corrected chi connectivity index (χ1v) is 7.10. The summed E-state index contributed by atoms with van der Waals surface area (Å²) in [5, 5.41) is 2.82. The van der Waals surface area contributed by atoms with Crippen LogP contribution in [-0.4, -0.2) is 18.5 Å². The number of nitrogens with one attached hydrogen (secondary N) is 1. The summed E-state index contributed by atoms with van der Waals surface area (Å²) in [7, 11) is 1.57. The van der Waals surface area contributed by atoms with E-state index in [1.54, 1.807) is 43.5 Å². The molecule has 4 nitrogen and oxygen atoms in total. The van der Waals surface area contributed by atoms with E-state index in [9.17, 15) is 4.79 Å². The number of halogens is 1. The van der Waals surface area contributed by atoms with Crippen molar-refractivity contribution in [2.75, 3.05) is 17.9 Å². The molecule has 0 spiro atoms. The Hall–Kier alpha value is -2.01. The summed E-state index contributed by atoms with van der Waals surface area (Å²) in [5.74, 6) is 1.13. The van der Waals surface area contributed by atoms with Crippen molar-refractivity contribution in [1.29, 1.82) is 0 Å². The normalized spacial score (nSPS) is 9.90. The predicted octanol–water partition coefficient (Wildman–Crippen LogP) is 3.68. The maximum absolute atomic E-state index is 12.1. The number of carbonyl (C=O) groups excluding carboxylic acids is 1. The quantitative estimate of drug-likeness (QED) is 0.848. The monoisotopic (exact) mass is 335 g/mol. The summed E-state index contributed by atoms with van der Waals surface area (Å²) in [6.45, 7) is 0. The van der Waals surface area contributed by atoms with Crippen LogP contribution < -0.4 is 14.8 Å². The Kier molecular flexibility index (Phi) is 5.01. The van der Waals surface area contributed by atoms with Crippen LogP contribution in [0, 0.1) is 0 Å². The van der Waals surface area contributed by atoms with E-state index in [4.69, 9.17) is 9.47 Å². The fourth-order valence-electron chi connectivity index (χ4n) is 1.71. The second-order valence-electron chi connectivity index (χ2n) is 3.93. The molecule has 1 N–H and O–H groups in total. The number of hydrogen-bond donors (Lipinski definition) is 1. The Labute approximate surface area is 125 Å². The molecule has 5 heteroatoms. The topological polar surface area (TPSA) is 47.6 Å². The molecular weight excluding hydrogens is 322 g/mol. The Morgan fingerprint density at radius 3 is 2.50 bits per heavy atom. The van der Waals surface area contributed by atoms with Crippen molar-refractivity contribution < 1.29 is 14.3 Å². The number of alkyl halides is 1. The van der Waals surface area contributed by atoms with Gasteiger partial charge in [0, 0.05) is 5.56 Å². The van der Waals surface area contributed by atoms with Crippen LogP contribution in [0.25, 0.3) is 0 Å². The minimum absolute atomic E-state index is 0.195. The van der Waals surface area contributed by atoms with Gasteiger partial charge in [-0.3, -0.25) is 4.79 Å². The summed E-state index contributed by atoms with van der Waals surface area (Å²) in [6, 6.07) is 14.2.